The highest BCUT2D eigenvalue weighted by atomic mass is 35.5. The Morgan fingerprint density at radius 1 is 1.21 bits per heavy atom. The number of carbonyl (C=O) groups excluding carboxylic acids is 3. The summed E-state index contributed by atoms with van der Waals surface area (Å²) in [4.78, 5) is 35.4. The molecule has 0 bridgehead atoms. The van der Waals surface area contributed by atoms with Gasteiger partial charge in [0.2, 0.25) is 17.7 Å². The van der Waals surface area contributed by atoms with E-state index in [4.69, 9.17) is 11.6 Å². The molecule has 0 aromatic heterocycles. The first-order valence-corrected chi connectivity index (χ1v) is 6.29. The highest BCUT2D eigenvalue weighted by molar-refractivity contribution is 6.31. The smallest absolute Gasteiger partial charge is 0.240 e. The van der Waals surface area contributed by atoms with Crippen LogP contribution in [-0.2, 0) is 20.9 Å². The number of halogens is 1. The van der Waals surface area contributed by atoms with E-state index in [9.17, 15) is 14.4 Å². The molecule has 0 unspecified atom stereocenters. The Balaban J connectivity index is 1.87. The third-order valence-corrected chi connectivity index (χ3v) is 3.26. The van der Waals surface area contributed by atoms with E-state index in [1.807, 2.05) is 6.07 Å². The molecule has 5 nitrogen and oxygen atoms in total. The zero-order valence-corrected chi connectivity index (χ0v) is 10.9. The zero-order valence-electron chi connectivity index (χ0n) is 10.2. The molecular formula is C13H13ClN2O3. The Hall–Kier alpha value is -1.88. The molecule has 1 aliphatic rings. The molecule has 1 aromatic rings. The van der Waals surface area contributed by atoms with E-state index in [1.165, 1.54) is 0 Å². The lowest BCUT2D eigenvalue weighted by Gasteiger charge is -2.13. The van der Waals surface area contributed by atoms with Crippen LogP contribution >= 0.6 is 11.6 Å². The van der Waals surface area contributed by atoms with Crippen molar-refractivity contribution in [2.45, 2.75) is 19.4 Å². The van der Waals surface area contributed by atoms with Crippen LogP contribution in [0.4, 0.5) is 0 Å². The van der Waals surface area contributed by atoms with Crippen molar-refractivity contribution < 1.29 is 14.4 Å². The quantitative estimate of drug-likeness (QED) is 0.840. The minimum atomic E-state index is -0.372. The summed E-state index contributed by atoms with van der Waals surface area (Å²) in [7, 11) is 0. The first-order chi connectivity index (χ1) is 9.08. The summed E-state index contributed by atoms with van der Waals surface area (Å²) in [6, 6.07) is 7.15. The maximum atomic E-state index is 11.7. The van der Waals surface area contributed by atoms with Gasteiger partial charge in [0, 0.05) is 24.4 Å². The van der Waals surface area contributed by atoms with E-state index in [0.717, 1.165) is 10.5 Å². The van der Waals surface area contributed by atoms with Crippen LogP contribution in [0.5, 0.6) is 0 Å². The van der Waals surface area contributed by atoms with Gasteiger partial charge in [-0.15, -0.1) is 0 Å². The van der Waals surface area contributed by atoms with Crippen LogP contribution in [0.2, 0.25) is 5.02 Å². The molecular weight excluding hydrogens is 268 g/mol. The van der Waals surface area contributed by atoms with Gasteiger partial charge in [0.05, 0.1) is 0 Å². The lowest BCUT2D eigenvalue weighted by Crippen LogP contribution is -2.39. The van der Waals surface area contributed by atoms with Crippen LogP contribution in [0.1, 0.15) is 18.4 Å². The van der Waals surface area contributed by atoms with Crippen molar-refractivity contribution in [3.8, 4) is 0 Å². The van der Waals surface area contributed by atoms with Crippen LogP contribution in [0, 0.1) is 0 Å². The molecule has 1 aliphatic heterocycles. The van der Waals surface area contributed by atoms with Crippen molar-refractivity contribution in [1.29, 1.82) is 0 Å². The molecule has 0 saturated carbocycles. The van der Waals surface area contributed by atoms with Gasteiger partial charge in [-0.05, 0) is 11.6 Å². The Morgan fingerprint density at radius 3 is 2.47 bits per heavy atom. The number of imide groups is 1. The van der Waals surface area contributed by atoms with E-state index in [0.29, 0.717) is 5.02 Å². The minimum absolute atomic E-state index is 0.191. The Labute approximate surface area is 115 Å². The second-order valence-corrected chi connectivity index (χ2v) is 4.65. The van der Waals surface area contributed by atoms with Crippen LogP contribution in [0.25, 0.3) is 0 Å². The van der Waals surface area contributed by atoms with Gasteiger partial charge in [-0.25, -0.2) is 0 Å². The van der Waals surface area contributed by atoms with E-state index >= 15 is 0 Å². The van der Waals surface area contributed by atoms with E-state index in [-0.39, 0.29) is 43.7 Å². The molecule has 0 radical (unpaired) electrons. The lowest BCUT2D eigenvalue weighted by atomic mass is 10.2. The Bertz CT molecular complexity index is 514. The summed E-state index contributed by atoms with van der Waals surface area (Å²) in [6.07, 6.45) is 0.382. The second-order valence-electron chi connectivity index (χ2n) is 4.24. The predicted molar refractivity (Wildman–Crippen MR) is 69.3 cm³/mol. The highest BCUT2D eigenvalue weighted by Crippen LogP contribution is 2.14. The molecule has 1 saturated heterocycles. The van der Waals surface area contributed by atoms with Crippen LogP contribution < -0.4 is 5.32 Å². The van der Waals surface area contributed by atoms with Gasteiger partial charge in [0.25, 0.3) is 0 Å². The van der Waals surface area contributed by atoms with Crippen LogP contribution in [-0.4, -0.2) is 29.2 Å². The molecule has 1 aromatic carbocycles. The number of hydrogen-bond donors (Lipinski definition) is 1. The predicted octanol–water partition coefficient (Wildman–Crippen LogP) is 1.11. The number of carbonyl (C=O) groups is 3. The van der Waals surface area contributed by atoms with Crippen molar-refractivity contribution in [1.82, 2.24) is 10.2 Å². The van der Waals surface area contributed by atoms with Crippen molar-refractivity contribution in [3.63, 3.8) is 0 Å². The first kappa shape index (κ1) is 13.5. The molecule has 0 spiro atoms. The van der Waals surface area contributed by atoms with Crippen molar-refractivity contribution in [3.05, 3.63) is 34.9 Å². The average Bonchev–Trinajstić information content (AvgIpc) is 2.70. The maximum Gasteiger partial charge on any atom is 0.240 e. The summed E-state index contributed by atoms with van der Waals surface area (Å²) in [5.74, 6) is -0.959. The zero-order chi connectivity index (χ0) is 13.8. The van der Waals surface area contributed by atoms with Crippen molar-refractivity contribution >= 4 is 29.3 Å². The standard InChI is InChI=1S/C13H13ClN2O3/c14-10-4-2-1-3-9(10)7-15-11(17)8-16-12(18)5-6-13(16)19/h1-4H,5-8H2,(H,15,17). The fourth-order valence-corrected chi connectivity index (χ4v) is 2.04. The number of nitrogens with zero attached hydrogens (tertiary/aromatic N) is 1. The lowest BCUT2D eigenvalue weighted by molar-refractivity contribution is -0.142. The number of hydrogen-bond acceptors (Lipinski definition) is 3. The maximum absolute atomic E-state index is 11.7. The number of benzene rings is 1. The number of rotatable bonds is 4. The number of nitrogens with one attached hydrogen (secondary N) is 1. The first-order valence-electron chi connectivity index (χ1n) is 5.91. The molecule has 0 aliphatic carbocycles. The van der Waals surface area contributed by atoms with Crippen molar-refractivity contribution in [2.75, 3.05) is 6.54 Å². The Morgan fingerprint density at radius 2 is 1.84 bits per heavy atom. The molecule has 6 heteroatoms. The molecule has 1 fully saturated rings. The van der Waals surface area contributed by atoms with Gasteiger partial charge >= 0.3 is 0 Å². The normalized spacial score (nSPS) is 14.9. The second kappa shape index (κ2) is 5.84. The minimum Gasteiger partial charge on any atom is -0.350 e. The van der Waals surface area contributed by atoms with E-state index in [2.05, 4.69) is 5.32 Å². The highest BCUT2D eigenvalue weighted by Gasteiger charge is 2.30. The SMILES string of the molecule is O=C(CN1C(=O)CCC1=O)NCc1ccccc1Cl. The average molecular weight is 281 g/mol. The third kappa shape index (κ3) is 3.32. The summed E-state index contributed by atoms with van der Waals surface area (Å²) in [6.45, 7) is 0.0524. The van der Waals surface area contributed by atoms with Crippen LogP contribution in [0.3, 0.4) is 0 Å². The van der Waals surface area contributed by atoms with Gasteiger partial charge in [-0.1, -0.05) is 29.8 Å². The number of amides is 3. The molecule has 3 amide bonds. The summed E-state index contributed by atoms with van der Waals surface area (Å²) in [5.41, 5.74) is 0.789. The molecule has 0 atom stereocenters. The summed E-state index contributed by atoms with van der Waals surface area (Å²) >= 11 is 5.95. The largest absolute Gasteiger partial charge is 0.350 e. The van der Waals surface area contributed by atoms with Gasteiger partial charge in [-0.3, -0.25) is 19.3 Å². The fourth-order valence-electron chi connectivity index (χ4n) is 1.83. The summed E-state index contributed by atoms with van der Waals surface area (Å²) < 4.78 is 0. The van der Waals surface area contributed by atoms with Crippen LogP contribution in [0.15, 0.2) is 24.3 Å². The van der Waals surface area contributed by atoms with E-state index in [1.54, 1.807) is 18.2 Å². The van der Waals surface area contributed by atoms with Gasteiger partial charge in [0.1, 0.15) is 6.54 Å². The molecule has 1 N–H and O–H groups in total. The molecule has 100 valence electrons. The van der Waals surface area contributed by atoms with E-state index < -0.39 is 0 Å². The monoisotopic (exact) mass is 280 g/mol. The number of likely N-dealkylation sites (tertiary alicyclic amines) is 1. The van der Waals surface area contributed by atoms with Crippen molar-refractivity contribution in [2.24, 2.45) is 0 Å². The third-order valence-electron chi connectivity index (χ3n) is 2.89. The topological polar surface area (TPSA) is 66.5 Å². The molecule has 2 rings (SSSR count). The van der Waals surface area contributed by atoms with Gasteiger partial charge < -0.3 is 5.32 Å². The molecule has 19 heavy (non-hydrogen) atoms. The molecule has 1 heterocycles. The van der Waals surface area contributed by atoms with Gasteiger partial charge in [-0.2, -0.15) is 0 Å². The summed E-state index contributed by atoms with van der Waals surface area (Å²) in [5, 5.41) is 3.20. The Kier molecular flexibility index (Phi) is 4.16. The fraction of sp³-hybridized carbons (Fsp3) is 0.308. The van der Waals surface area contributed by atoms with Gasteiger partial charge in [0.15, 0.2) is 0 Å².